The lowest BCUT2D eigenvalue weighted by Gasteiger charge is -2.37. The first-order valence-corrected chi connectivity index (χ1v) is 6.84. The highest BCUT2D eigenvalue weighted by atomic mass is 16.5. The van der Waals surface area contributed by atoms with Crippen LogP contribution in [0.3, 0.4) is 0 Å². The van der Waals surface area contributed by atoms with Crippen molar-refractivity contribution in [1.29, 1.82) is 0 Å². The third-order valence-electron chi connectivity index (χ3n) is 3.88. The molecule has 19 heavy (non-hydrogen) atoms. The lowest BCUT2D eigenvalue weighted by Crippen LogP contribution is -2.33. The van der Waals surface area contributed by atoms with Crippen LogP contribution in [-0.4, -0.2) is 13.1 Å². The molecule has 0 aliphatic carbocycles. The number of hydrogen-bond acceptors (Lipinski definition) is 2. The van der Waals surface area contributed by atoms with Crippen LogP contribution in [0.4, 0.5) is 0 Å². The lowest BCUT2D eigenvalue weighted by atomic mass is 9.71. The van der Waals surface area contributed by atoms with E-state index < -0.39 is 5.41 Å². The zero-order valence-electron chi connectivity index (χ0n) is 12.5. The molecule has 1 aromatic carbocycles. The van der Waals surface area contributed by atoms with Gasteiger partial charge in [-0.05, 0) is 26.2 Å². The molecule has 0 N–H and O–H groups in total. The minimum atomic E-state index is -0.515. The highest BCUT2D eigenvalue weighted by Crippen LogP contribution is 2.41. The largest absolute Gasteiger partial charge is 0.469 e. The van der Waals surface area contributed by atoms with Gasteiger partial charge in [-0.2, -0.15) is 23.8 Å². The summed E-state index contributed by atoms with van der Waals surface area (Å²) in [5.74, 6) is 0.524. The summed E-state index contributed by atoms with van der Waals surface area (Å²) in [6, 6.07) is 8.23. The van der Waals surface area contributed by atoms with Crippen LogP contribution >= 0.6 is 0 Å². The Morgan fingerprint density at radius 1 is 1.58 bits per heavy atom. The quantitative estimate of drug-likeness (QED) is 0.416. The van der Waals surface area contributed by atoms with E-state index in [1.54, 1.807) is 0 Å². The smallest absolute Gasteiger partial charge is 0.310 e. The fraction of sp³-hybridized carbons (Fsp3) is 0.529. The molecule has 0 aromatic heterocycles. The van der Waals surface area contributed by atoms with Gasteiger partial charge < -0.3 is 4.74 Å². The summed E-state index contributed by atoms with van der Waals surface area (Å²) in [6.45, 7) is 9.93. The summed E-state index contributed by atoms with van der Waals surface area (Å²) in [7, 11) is 1.46. The fourth-order valence-corrected chi connectivity index (χ4v) is 2.66. The van der Waals surface area contributed by atoms with Crippen LogP contribution in [0.2, 0.25) is 0 Å². The Labute approximate surface area is 116 Å². The summed E-state index contributed by atoms with van der Waals surface area (Å²) in [6.07, 6.45) is 3.87. The van der Waals surface area contributed by atoms with Crippen LogP contribution < -0.4 is 0 Å². The number of hydrogen-bond donors (Lipinski definition) is 0. The minimum absolute atomic E-state index is 0.149. The first kappa shape index (κ1) is 15.6. The van der Waals surface area contributed by atoms with Crippen LogP contribution in [0.25, 0.3) is 0 Å². The number of esters is 1. The van der Waals surface area contributed by atoms with Gasteiger partial charge in [-0.3, -0.25) is 4.79 Å². The van der Waals surface area contributed by atoms with Crippen molar-refractivity contribution in [2.75, 3.05) is 7.11 Å². The van der Waals surface area contributed by atoms with Crippen molar-refractivity contribution in [1.82, 2.24) is 0 Å². The van der Waals surface area contributed by atoms with Crippen molar-refractivity contribution >= 4 is 5.97 Å². The molecule has 0 fully saturated rings. The number of allylic oxidation sites excluding steroid dienone is 1. The summed E-state index contributed by atoms with van der Waals surface area (Å²) < 4.78 is 4.98. The highest BCUT2D eigenvalue weighted by Gasteiger charge is 2.36. The van der Waals surface area contributed by atoms with Gasteiger partial charge >= 0.3 is 5.97 Å². The van der Waals surface area contributed by atoms with E-state index >= 15 is 0 Å². The molecule has 2 heteroatoms. The Morgan fingerprint density at radius 3 is 2.74 bits per heavy atom. The van der Waals surface area contributed by atoms with Gasteiger partial charge in [0.1, 0.15) is 0 Å². The lowest BCUT2D eigenvalue weighted by molar-refractivity contribution is -0.152. The molecule has 2 unspecified atom stereocenters. The van der Waals surface area contributed by atoms with Gasteiger partial charge in [0.2, 0.25) is 0 Å². The average Bonchev–Trinajstić information content (AvgIpc) is 2.88. The normalized spacial score (nSPS) is 14.7. The maximum absolute atomic E-state index is 12.1. The molecular weight excluding hydrogens is 236 g/mol. The molecule has 0 aliphatic heterocycles. The van der Waals surface area contributed by atoms with Gasteiger partial charge in [0.05, 0.1) is 12.5 Å². The minimum Gasteiger partial charge on any atom is -0.469 e. The summed E-state index contributed by atoms with van der Waals surface area (Å²) in [4.78, 5) is 12.1. The Morgan fingerprint density at radius 2 is 2.26 bits per heavy atom. The van der Waals surface area contributed by atoms with Gasteiger partial charge in [0.15, 0.2) is 0 Å². The van der Waals surface area contributed by atoms with Crippen molar-refractivity contribution in [2.24, 2.45) is 11.3 Å². The molecule has 0 aliphatic rings. The number of carbonyl (C=O) groups is 1. The van der Waals surface area contributed by atoms with E-state index in [0.717, 1.165) is 12.8 Å². The molecule has 0 heterocycles. The van der Waals surface area contributed by atoms with Crippen LogP contribution in [0, 0.1) is 11.3 Å². The fourth-order valence-electron chi connectivity index (χ4n) is 2.66. The maximum atomic E-state index is 12.1. The van der Waals surface area contributed by atoms with Crippen LogP contribution in [-0.2, 0) is 9.53 Å². The third-order valence-corrected chi connectivity index (χ3v) is 3.88. The molecule has 0 amide bonds. The second kappa shape index (κ2) is 6.65. The molecule has 1 rings (SSSR count). The first-order chi connectivity index (χ1) is 8.93. The summed E-state index contributed by atoms with van der Waals surface area (Å²) >= 11 is 0. The van der Waals surface area contributed by atoms with E-state index in [1.165, 1.54) is 12.7 Å². The molecule has 0 bridgehead atoms. The maximum Gasteiger partial charge on any atom is 0.310 e. The number of methoxy groups -OCH3 is 1. The zero-order chi connectivity index (χ0) is 14.5. The van der Waals surface area contributed by atoms with Gasteiger partial charge in [-0.25, -0.2) is 6.07 Å². The van der Waals surface area contributed by atoms with E-state index in [2.05, 4.69) is 25.6 Å². The van der Waals surface area contributed by atoms with Gasteiger partial charge in [0.25, 0.3) is 0 Å². The number of ether oxygens (including phenoxy) is 1. The Balaban J connectivity index is 2.99. The predicted molar refractivity (Wildman–Crippen MR) is 79.2 cm³/mol. The Bertz CT molecular complexity index is 401. The molecule has 0 saturated heterocycles. The molecule has 2 nitrogen and oxygen atoms in total. The van der Waals surface area contributed by atoms with Crippen LogP contribution in [0.5, 0.6) is 0 Å². The molecule has 0 spiro atoms. The van der Waals surface area contributed by atoms with E-state index in [4.69, 9.17) is 4.74 Å². The standard InChI is InChI=1S/C17H25O2/c1-6-9-13(2)12-15(14-10-7-8-11-14)17(3,4)16(18)19-5/h6-8,10-11,13,15H,1,9,12H2,2-5H3/q-1. The molecule has 0 saturated carbocycles. The van der Waals surface area contributed by atoms with Gasteiger partial charge in [0, 0.05) is 0 Å². The summed E-state index contributed by atoms with van der Waals surface area (Å²) in [5, 5.41) is 0. The van der Waals surface area contributed by atoms with Crippen molar-refractivity contribution in [3.05, 3.63) is 42.5 Å². The van der Waals surface area contributed by atoms with Crippen LogP contribution in [0.15, 0.2) is 36.9 Å². The SMILES string of the molecule is C=CCC(C)CC(c1cc[cH-]c1)C(C)(C)C(=O)OC. The van der Waals surface area contributed by atoms with Gasteiger partial charge in [-0.1, -0.05) is 25.3 Å². The van der Waals surface area contributed by atoms with Crippen molar-refractivity contribution in [3.63, 3.8) is 0 Å². The Hall–Kier alpha value is -1.44. The van der Waals surface area contributed by atoms with Crippen molar-refractivity contribution < 1.29 is 9.53 Å². The number of rotatable bonds is 7. The van der Waals surface area contributed by atoms with Crippen molar-refractivity contribution in [3.8, 4) is 0 Å². The van der Waals surface area contributed by atoms with E-state index in [0.29, 0.717) is 5.92 Å². The molecule has 0 radical (unpaired) electrons. The average molecular weight is 261 g/mol. The third kappa shape index (κ3) is 3.76. The molecule has 1 aromatic rings. The van der Waals surface area contributed by atoms with Gasteiger partial charge in [-0.15, -0.1) is 6.58 Å². The molecule has 106 valence electrons. The molecule has 2 atom stereocenters. The van der Waals surface area contributed by atoms with E-state index in [1.807, 2.05) is 32.1 Å². The van der Waals surface area contributed by atoms with E-state index in [9.17, 15) is 4.79 Å². The number of carbonyl (C=O) groups excluding carboxylic acids is 1. The monoisotopic (exact) mass is 261 g/mol. The predicted octanol–water partition coefficient (Wildman–Crippen LogP) is 4.29. The first-order valence-electron chi connectivity index (χ1n) is 6.84. The van der Waals surface area contributed by atoms with Crippen LogP contribution in [0.1, 0.15) is 45.1 Å². The Kier molecular flexibility index (Phi) is 5.46. The second-order valence-corrected chi connectivity index (χ2v) is 5.85. The topological polar surface area (TPSA) is 26.3 Å². The molecular formula is C17H25O2-. The summed E-state index contributed by atoms with van der Waals surface area (Å²) in [5.41, 5.74) is 0.699. The zero-order valence-corrected chi connectivity index (χ0v) is 12.5. The highest BCUT2D eigenvalue weighted by molar-refractivity contribution is 5.77. The van der Waals surface area contributed by atoms with Crippen molar-refractivity contribution in [2.45, 2.75) is 39.5 Å². The second-order valence-electron chi connectivity index (χ2n) is 5.85. The van der Waals surface area contributed by atoms with E-state index in [-0.39, 0.29) is 11.9 Å².